The number of fused-ring (bicyclic) bond motifs is 1. The van der Waals surface area contributed by atoms with Gasteiger partial charge in [0, 0.05) is 25.6 Å². The highest BCUT2D eigenvalue weighted by atomic mass is 16.1. The molecule has 0 saturated heterocycles. The molecule has 1 aromatic heterocycles. The fourth-order valence-electron chi connectivity index (χ4n) is 3.74. The smallest absolute Gasteiger partial charge is 0.243 e. The first kappa shape index (κ1) is 20.6. The third kappa shape index (κ3) is 5.48. The van der Waals surface area contributed by atoms with Crippen LogP contribution in [-0.4, -0.2) is 22.0 Å². The Morgan fingerprint density at radius 3 is 2.65 bits per heavy atom. The van der Waals surface area contributed by atoms with Crippen molar-refractivity contribution >= 4 is 23.0 Å². The molecule has 0 atom stereocenters. The highest BCUT2D eigenvalue weighted by Crippen LogP contribution is 2.19. The molecule has 4 nitrogen and oxygen atoms in total. The van der Waals surface area contributed by atoms with Crippen LogP contribution in [0.4, 0.5) is 0 Å². The van der Waals surface area contributed by atoms with Crippen molar-refractivity contribution in [1.29, 1.82) is 0 Å². The molecule has 1 heterocycles. The maximum Gasteiger partial charge on any atom is 0.243 e. The summed E-state index contributed by atoms with van der Waals surface area (Å²) in [4.78, 5) is 17.0. The number of nitrogens with one attached hydrogen (secondary N) is 1. The fraction of sp³-hybridized carbons (Fsp3) is 0.185. The molecule has 0 saturated carbocycles. The van der Waals surface area contributed by atoms with E-state index in [0.717, 1.165) is 41.8 Å². The number of nitrogens with zero attached hydrogens (tertiary/aromatic N) is 2. The molecular weight excluding hydrogens is 382 g/mol. The Morgan fingerprint density at radius 1 is 1.00 bits per heavy atom. The standard InChI is InChI=1S/C27H27N3O/c1-21-9-7-12-23(19-21)20-30-25-14-6-5-13-24(25)29-26(30)15-8-18-28-27(31)17-16-22-10-3-2-4-11-22/h2-7,9-14,16-17,19H,8,15,18,20H2,1H3,(H,28,31)/b17-16+. The number of aryl methyl sites for hydroxylation is 2. The van der Waals surface area contributed by atoms with Gasteiger partial charge >= 0.3 is 0 Å². The van der Waals surface area contributed by atoms with Crippen molar-refractivity contribution in [3.8, 4) is 0 Å². The van der Waals surface area contributed by atoms with Crippen molar-refractivity contribution in [2.75, 3.05) is 6.54 Å². The van der Waals surface area contributed by atoms with Gasteiger partial charge in [0.2, 0.25) is 5.91 Å². The van der Waals surface area contributed by atoms with Crippen LogP contribution in [0.15, 0.2) is 84.9 Å². The average Bonchev–Trinajstić information content (AvgIpc) is 3.13. The molecule has 0 spiro atoms. The number of hydrogen-bond acceptors (Lipinski definition) is 2. The predicted molar refractivity (Wildman–Crippen MR) is 127 cm³/mol. The van der Waals surface area contributed by atoms with E-state index < -0.39 is 0 Å². The fourth-order valence-corrected chi connectivity index (χ4v) is 3.74. The van der Waals surface area contributed by atoms with Crippen LogP contribution in [0.25, 0.3) is 17.1 Å². The minimum absolute atomic E-state index is 0.0721. The van der Waals surface area contributed by atoms with Crippen LogP contribution in [0.2, 0.25) is 0 Å². The van der Waals surface area contributed by atoms with Gasteiger partial charge in [-0.25, -0.2) is 4.98 Å². The summed E-state index contributed by atoms with van der Waals surface area (Å²) in [6.45, 7) is 3.53. The summed E-state index contributed by atoms with van der Waals surface area (Å²) in [5.41, 5.74) is 5.70. The van der Waals surface area contributed by atoms with Crippen LogP contribution >= 0.6 is 0 Å². The second kappa shape index (κ2) is 9.90. The van der Waals surface area contributed by atoms with Crippen molar-refractivity contribution in [1.82, 2.24) is 14.9 Å². The number of carbonyl (C=O) groups is 1. The molecule has 0 aliphatic rings. The third-order valence-corrected chi connectivity index (χ3v) is 5.26. The van der Waals surface area contributed by atoms with Crippen molar-refractivity contribution in [2.24, 2.45) is 0 Å². The molecule has 0 radical (unpaired) electrons. The summed E-state index contributed by atoms with van der Waals surface area (Å²) in [6.07, 6.45) is 5.06. The minimum atomic E-state index is -0.0721. The van der Waals surface area contributed by atoms with Gasteiger partial charge in [-0.3, -0.25) is 4.79 Å². The van der Waals surface area contributed by atoms with Crippen LogP contribution in [0, 0.1) is 6.92 Å². The molecule has 0 aliphatic carbocycles. The molecule has 0 bridgehead atoms. The molecule has 156 valence electrons. The van der Waals surface area contributed by atoms with E-state index in [1.54, 1.807) is 6.08 Å². The van der Waals surface area contributed by atoms with Crippen LogP contribution in [0.1, 0.15) is 28.9 Å². The van der Waals surface area contributed by atoms with E-state index in [1.165, 1.54) is 11.1 Å². The maximum absolute atomic E-state index is 12.1. The average molecular weight is 410 g/mol. The predicted octanol–water partition coefficient (Wildman–Crippen LogP) is 5.16. The lowest BCUT2D eigenvalue weighted by molar-refractivity contribution is -0.116. The number of carbonyl (C=O) groups excluding carboxylic acids is 1. The number of para-hydroxylation sites is 2. The van der Waals surface area contributed by atoms with Gasteiger partial charge in [-0.1, -0.05) is 72.3 Å². The van der Waals surface area contributed by atoms with Crippen molar-refractivity contribution in [3.63, 3.8) is 0 Å². The van der Waals surface area contributed by atoms with Gasteiger partial charge in [0.05, 0.1) is 11.0 Å². The Morgan fingerprint density at radius 2 is 1.81 bits per heavy atom. The first-order valence-electron chi connectivity index (χ1n) is 10.7. The quantitative estimate of drug-likeness (QED) is 0.323. The van der Waals surface area contributed by atoms with Gasteiger partial charge in [-0.15, -0.1) is 0 Å². The van der Waals surface area contributed by atoms with E-state index in [4.69, 9.17) is 4.98 Å². The first-order chi connectivity index (χ1) is 15.2. The van der Waals surface area contributed by atoms with Gasteiger partial charge in [-0.05, 0) is 42.7 Å². The monoisotopic (exact) mass is 409 g/mol. The highest BCUT2D eigenvalue weighted by Gasteiger charge is 2.11. The zero-order chi connectivity index (χ0) is 21.5. The van der Waals surface area contributed by atoms with E-state index in [-0.39, 0.29) is 5.91 Å². The summed E-state index contributed by atoms with van der Waals surface area (Å²) < 4.78 is 2.29. The molecule has 1 amide bonds. The number of imidazole rings is 1. The second-order valence-electron chi connectivity index (χ2n) is 7.73. The summed E-state index contributed by atoms with van der Waals surface area (Å²) in [7, 11) is 0. The Hall–Kier alpha value is -3.66. The Balaban J connectivity index is 1.39. The van der Waals surface area contributed by atoms with E-state index >= 15 is 0 Å². The summed E-state index contributed by atoms with van der Waals surface area (Å²) >= 11 is 0. The molecule has 0 unspecified atom stereocenters. The van der Waals surface area contributed by atoms with E-state index in [0.29, 0.717) is 6.54 Å². The summed E-state index contributed by atoms with van der Waals surface area (Å²) in [5, 5.41) is 2.97. The van der Waals surface area contributed by atoms with Gasteiger partial charge in [0.1, 0.15) is 5.82 Å². The maximum atomic E-state index is 12.1. The zero-order valence-electron chi connectivity index (χ0n) is 17.8. The van der Waals surface area contributed by atoms with Crippen LogP contribution in [0.3, 0.4) is 0 Å². The lowest BCUT2D eigenvalue weighted by Gasteiger charge is -2.10. The zero-order valence-corrected chi connectivity index (χ0v) is 17.8. The van der Waals surface area contributed by atoms with E-state index in [9.17, 15) is 4.79 Å². The van der Waals surface area contributed by atoms with E-state index in [1.807, 2.05) is 42.5 Å². The molecule has 1 N–H and O–H groups in total. The van der Waals surface area contributed by atoms with Crippen molar-refractivity contribution in [3.05, 3.63) is 107 Å². The number of amides is 1. The molecule has 4 rings (SSSR count). The SMILES string of the molecule is Cc1cccc(Cn2c(CCCNC(=O)/C=C/c3ccccc3)nc3ccccc32)c1. The largest absolute Gasteiger partial charge is 0.353 e. The number of rotatable bonds is 8. The van der Waals surface area contributed by atoms with Gasteiger partial charge in [0.25, 0.3) is 0 Å². The molecule has 4 aromatic rings. The number of benzene rings is 3. The summed E-state index contributed by atoms with van der Waals surface area (Å²) in [6, 6.07) is 26.7. The Kier molecular flexibility index (Phi) is 6.58. The molecule has 31 heavy (non-hydrogen) atoms. The normalized spacial score (nSPS) is 11.3. The molecule has 0 fully saturated rings. The topological polar surface area (TPSA) is 46.9 Å². The van der Waals surface area contributed by atoms with Crippen LogP contribution in [0.5, 0.6) is 0 Å². The highest BCUT2D eigenvalue weighted by molar-refractivity contribution is 5.91. The Bertz CT molecular complexity index is 1190. The first-order valence-corrected chi connectivity index (χ1v) is 10.7. The van der Waals surface area contributed by atoms with Gasteiger partial charge in [-0.2, -0.15) is 0 Å². The van der Waals surface area contributed by atoms with Crippen molar-refractivity contribution < 1.29 is 4.79 Å². The lowest BCUT2D eigenvalue weighted by Crippen LogP contribution is -2.22. The van der Waals surface area contributed by atoms with Crippen molar-refractivity contribution in [2.45, 2.75) is 26.3 Å². The van der Waals surface area contributed by atoms with Crippen LogP contribution in [-0.2, 0) is 17.8 Å². The Labute approximate surface area is 183 Å². The number of aromatic nitrogens is 2. The minimum Gasteiger partial charge on any atom is -0.353 e. The molecule has 0 aliphatic heterocycles. The molecule has 3 aromatic carbocycles. The van der Waals surface area contributed by atoms with Gasteiger partial charge in [0.15, 0.2) is 0 Å². The molecular formula is C27H27N3O. The van der Waals surface area contributed by atoms with E-state index in [2.05, 4.69) is 59.3 Å². The van der Waals surface area contributed by atoms with Gasteiger partial charge < -0.3 is 9.88 Å². The molecule has 4 heteroatoms. The number of hydrogen-bond donors (Lipinski definition) is 1. The summed E-state index contributed by atoms with van der Waals surface area (Å²) in [5.74, 6) is 0.980. The third-order valence-electron chi connectivity index (χ3n) is 5.26. The van der Waals surface area contributed by atoms with Crippen LogP contribution < -0.4 is 5.32 Å². The lowest BCUT2D eigenvalue weighted by atomic mass is 10.1. The second-order valence-corrected chi connectivity index (χ2v) is 7.73.